The second-order valence-electron chi connectivity index (χ2n) is 6.03. The number of anilines is 1. The van der Waals surface area contributed by atoms with Crippen LogP contribution in [0.2, 0.25) is 0 Å². The third kappa shape index (κ3) is 3.16. The van der Waals surface area contributed by atoms with Gasteiger partial charge in [-0.05, 0) is 30.2 Å². The molecule has 3 rings (SSSR count). The van der Waals surface area contributed by atoms with Gasteiger partial charge in [-0.1, -0.05) is 50.2 Å². The molecular weight excluding hydrogens is 320 g/mol. The fourth-order valence-electron chi connectivity index (χ4n) is 2.55. The summed E-state index contributed by atoms with van der Waals surface area (Å²) >= 11 is 0. The van der Waals surface area contributed by atoms with Crippen molar-refractivity contribution in [3.05, 3.63) is 66.2 Å². The van der Waals surface area contributed by atoms with Crippen LogP contribution in [0.15, 0.2) is 60.7 Å². The van der Waals surface area contributed by atoms with Gasteiger partial charge < -0.3 is 0 Å². The molecule has 1 fully saturated rings. The second-order valence-corrected chi connectivity index (χ2v) is 6.03. The maximum absolute atomic E-state index is 12.8. The molecule has 6 heteroatoms. The predicted octanol–water partition coefficient (Wildman–Crippen LogP) is 3.25. The lowest BCUT2D eigenvalue weighted by molar-refractivity contribution is -0.146. The van der Waals surface area contributed by atoms with Crippen molar-refractivity contribution in [3.63, 3.8) is 0 Å². The van der Waals surface area contributed by atoms with E-state index in [9.17, 15) is 14.4 Å². The van der Waals surface area contributed by atoms with Gasteiger partial charge in [0, 0.05) is 5.56 Å². The van der Waals surface area contributed by atoms with Gasteiger partial charge in [-0.25, -0.2) is 4.79 Å². The highest BCUT2D eigenvalue weighted by molar-refractivity contribution is 6.20. The molecule has 1 aliphatic heterocycles. The highest BCUT2D eigenvalue weighted by atomic mass is 16.7. The topological polar surface area (TPSA) is 66.9 Å². The average molecular weight is 338 g/mol. The van der Waals surface area contributed by atoms with E-state index in [0.29, 0.717) is 10.6 Å². The van der Waals surface area contributed by atoms with Crippen LogP contribution in [0.3, 0.4) is 0 Å². The smallest absolute Gasteiger partial charge is 0.271 e. The molecule has 128 valence electrons. The Bertz CT molecular complexity index is 790. The largest absolute Gasteiger partial charge is 0.362 e. The molecule has 0 unspecified atom stereocenters. The fraction of sp³-hybridized carbons (Fsp3) is 0.211. The normalized spacial score (nSPS) is 18.0. The molecule has 2 aromatic rings. The number of hydrogen-bond donors (Lipinski definition) is 0. The van der Waals surface area contributed by atoms with Crippen molar-refractivity contribution in [2.24, 2.45) is 5.92 Å². The number of amides is 4. The first-order valence-electron chi connectivity index (χ1n) is 8.00. The Labute approximate surface area is 145 Å². The van der Waals surface area contributed by atoms with E-state index >= 15 is 0 Å². The Hall–Kier alpha value is -2.99. The van der Waals surface area contributed by atoms with Crippen molar-refractivity contribution >= 4 is 23.5 Å². The SMILES string of the molecule is CC(C)[C@H]1ON(c2ccccc2)C(=O)N(C(=O)c2ccccc2)C1=O. The fourth-order valence-corrected chi connectivity index (χ4v) is 2.55. The minimum absolute atomic E-state index is 0.210. The monoisotopic (exact) mass is 338 g/mol. The molecule has 0 bridgehead atoms. The Morgan fingerprint density at radius 2 is 1.52 bits per heavy atom. The number of hydroxylamine groups is 1. The third-order valence-electron chi connectivity index (χ3n) is 3.87. The summed E-state index contributed by atoms with van der Waals surface area (Å²) in [5.74, 6) is -1.52. The quantitative estimate of drug-likeness (QED) is 0.806. The number of nitrogens with zero attached hydrogens (tertiary/aromatic N) is 2. The minimum atomic E-state index is -0.925. The lowest BCUT2D eigenvalue weighted by atomic mass is 10.0. The second kappa shape index (κ2) is 6.86. The molecule has 0 spiro atoms. The van der Waals surface area contributed by atoms with E-state index < -0.39 is 23.9 Å². The van der Waals surface area contributed by atoms with E-state index in [4.69, 9.17) is 4.84 Å². The molecule has 1 aliphatic rings. The summed E-state index contributed by atoms with van der Waals surface area (Å²) in [6.45, 7) is 3.60. The van der Waals surface area contributed by atoms with E-state index in [1.807, 2.05) is 0 Å². The first-order valence-corrected chi connectivity index (χ1v) is 8.00. The van der Waals surface area contributed by atoms with Crippen molar-refractivity contribution in [2.45, 2.75) is 20.0 Å². The number of rotatable bonds is 3. The molecule has 2 aromatic carbocycles. The number of urea groups is 1. The molecule has 0 N–H and O–H groups in total. The molecule has 1 heterocycles. The summed E-state index contributed by atoms with van der Waals surface area (Å²) in [4.78, 5) is 44.6. The zero-order valence-electron chi connectivity index (χ0n) is 14.0. The van der Waals surface area contributed by atoms with Gasteiger partial charge in [0.15, 0.2) is 6.10 Å². The Balaban J connectivity index is 2.01. The molecule has 1 saturated heterocycles. The van der Waals surface area contributed by atoms with E-state index in [1.165, 1.54) is 0 Å². The molecule has 0 radical (unpaired) electrons. The Morgan fingerprint density at radius 1 is 0.960 bits per heavy atom. The maximum atomic E-state index is 12.8. The van der Waals surface area contributed by atoms with Gasteiger partial charge in [0.2, 0.25) is 0 Å². The van der Waals surface area contributed by atoms with Gasteiger partial charge in [0.1, 0.15) is 0 Å². The van der Waals surface area contributed by atoms with Crippen LogP contribution in [-0.4, -0.2) is 28.8 Å². The van der Waals surface area contributed by atoms with Crippen molar-refractivity contribution in [2.75, 3.05) is 5.06 Å². The van der Waals surface area contributed by atoms with Crippen molar-refractivity contribution < 1.29 is 19.2 Å². The van der Waals surface area contributed by atoms with Crippen molar-refractivity contribution in [1.82, 2.24) is 4.90 Å². The Morgan fingerprint density at radius 3 is 2.08 bits per heavy atom. The van der Waals surface area contributed by atoms with Crippen LogP contribution in [0, 0.1) is 5.92 Å². The van der Waals surface area contributed by atoms with Crippen LogP contribution >= 0.6 is 0 Å². The molecule has 0 aliphatic carbocycles. The third-order valence-corrected chi connectivity index (χ3v) is 3.87. The van der Waals surface area contributed by atoms with Crippen LogP contribution in [0.5, 0.6) is 0 Å². The zero-order valence-corrected chi connectivity index (χ0v) is 14.0. The highest BCUT2D eigenvalue weighted by Crippen LogP contribution is 2.26. The predicted molar refractivity (Wildman–Crippen MR) is 91.6 cm³/mol. The molecule has 1 atom stereocenters. The first kappa shape index (κ1) is 16.9. The number of hydrogen-bond acceptors (Lipinski definition) is 4. The van der Waals surface area contributed by atoms with E-state index in [-0.39, 0.29) is 11.5 Å². The number of carbonyl (C=O) groups excluding carboxylic acids is 3. The maximum Gasteiger partial charge on any atom is 0.362 e. The van der Waals surface area contributed by atoms with E-state index in [2.05, 4.69) is 0 Å². The lowest BCUT2D eigenvalue weighted by Gasteiger charge is -2.37. The van der Waals surface area contributed by atoms with E-state index in [1.54, 1.807) is 74.5 Å². The van der Waals surface area contributed by atoms with Crippen LogP contribution in [0.1, 0.15) is 24.2 Å². The summed E-state index contributed by atoms with van der Waals surface area (Å²) < 4.78 is 0. The van der Waals surface area contributed by atoms with Gasteiger partial charge in [0.05, 0.1) is 5.69 Å². The number of carbonyl (C=O) groups is 3. The molecule has 0 saturated carbocycles. The summed E-state index contributed by atoms with van der Waals surface area (Å²) in [6, 6.07) is 16.1. The number of para-hydroxylation sites is 1. The van der Waals surface area contributed by atoms with Crippen molar-refractivity contribution in [1.29, 1.82) is 0 Å². The van der Waals surface area contributed by atoms with E-state index in [0.717, 1.165) is 5.06 Å². The lowest BCUT2D eigenvalue weighted by Crippen LogP contribution is -2.61. The molecule has 6 nitrogen and oxygen atoms in total. The first-order chi connectivity index (χ1) is 12.0. The highest BCUT2D eigenvalue weighted by Gasteiger charge is 2.46. The summed E-state index contributed by atoms with van der Waals surface area (Å²) in [6.07, 6.45) is -0.925. The van der Waals surface area contributed by atoms with Gasteiger partial charge in [-0.3, -0.25) is 14.4 Å². The van der Waals surface area contributed by atoms with Crippen LogP contribution < -0.4 is 5.06 Å². The number of imide groups is 3. The van der Waals surface area contributed by atoms with Gasteiger partial charge in [-0.2, -0.15) is 9.96 Å². The standard InChI is InChI=1S/C19H18N2O4/c1-13(2)16-18(23)20(17(22)14-9-5-3-6-10-14)19(24)21(25-16)15-11-7-4-8-12-15/h3-13,16H,1-2H3/t16-/m1/s1. The van der Waals surface area contributed by atoms with Crippen molar-refractivity contribution in [3.8, 4) is 0 Å². The molecule has 4 amide bonds. The van der Waals surface area contributed by atoms with Gasteiger partial charge in [-0.15, -0.1) is 0 Å². The molecule has 25 heavy (non-hydrogen) atoms. The average Bonchev–Trinajstić information content (AvgIpc) is 2.63. The van der Waals surface area contributed by atoms with Crippen LogP contribution in [0.25, 0.3) is 0 Å². The number of benzene rings is 2. The van der Waals surface area contributed by atoms with Crippen LogP contribution in [0.4, 0.5) is 10.5 Å². The molecular formula is C19H18N2O4. The summed E-state index contributed by atoms with van der Waals surface area (Å²) in [5, 5.41) is 1.01. The Kier molecular flexibility index (Phi) is 4.63. The minimum Gasteiger partial charge on any atom is -0.271 e. The van der Waals surface area contributed by atoms with Gasteiger partial charge in [0.25, 0.3) is 11.8 Å². The van der Waals surface area contributed by atoms with Gasteiger partial charge >= 0.3 is 6.03 Å². The molecule has 0 aromatic heterocycles. The van der Waals surface area contributed by atoms with Crippen LogP contribution in [-0.2, 0) is 9.63 Å². The zero-order chi connectivity index (χ0) is 18.0. The summed E-state index contributed by atoms with van der Waals surface area (Å²) in [7, 11) is 0. The summed E-state index contributed by atoms with van der Waals surface area (Å²) in [5.41, 5.74) is 0.720.